The Morgan fingerprint density at radius 2 is 2.00 bits per heavy atom. The SMILES string of the molecule is O=c1c(I)cn([O-])c2ccccc12. The first kappa shape index (κ1) is 8.55. The Morgan fingerprint density at radius 3 is 2.77 bits per heavy atom. The highest BCUT2D eigenvalue weighted by Gasteiger charge is 2.01. The van der Waals surface area contributed by atoms with Crippen LogP contribution in [0.2, 0.25) is 0 Å². The summed E-state index contributed by atoms with van der Waals surface area (Å²) in [4.78, 5) is 11.5. The van der Waals surface area contributed by atoms with Gasteiger partial charge in [0.05, 0.1) is 3.57 Å². The second kappa shape index (κ2) is 3.02. The summed E-state index contributed by atoms with van der Waals surface area (Å²) in [7, 11) is 0. The maximum atomic E-state index is 11.5. The quantitative estimate of drug-likeness (QED) is 0.695. The molecular formula is C9H5INO2-. The molecule has 4 heteroatoms. The van der Waals surface area contributed by atoms with Crippen molar-refractivity contribution in [3.63, 3.8) is 0 Å². The lowest BCUT2D eigenvalue weighted by molar-refractivity contribution is 1.11. The van der Waals surface area contributed by atoms with E-state index < -0.39 is 0 Å². The van der Waals surface area contributed by atoms with Gasteiger partial charge in [-0.1, -0.05) is 12.1 Å². The minimum Gasteiger partial charge on any atom is -0.806 e. The van der Waals surface area contributed by atoms with Crippen LogP contribution < -0.4 is 5.43 Å². The van der Waals surface area contributed by atoms with Gasteiger partial charge in [-0.2, -0.15) is 0 Å². The van der Waals surface area contributed by atoms with Crippen LogP contribution in [0.15, 0.2) is 35.3 Å². The van der Waals surface area contributed by atoms with Gasteiger partial charge in [-0.3, -0.25) is 4.79 Å². The van der Waals surface area contributed by atoms with Crippen molar-refractivity contribution in [2.24, 2.45) is 0 Å². The zero-order valence-electron chi connectivity index (χ0n) is 6.53. The van der Waals surface area contributed by atoms with Crippen molar-refractivity contribution in [3.05, 3.63) is 49.5 Å². The predicted octanol–water partition coefficient (Wildman–Crippen LogP) is 1.95. The molecule has 0 fully saturated rings. The first-order chi connectivity index (χ1) is 6.20. The highest BCUT2D eigenvalue weighted by Crippen LogP contribution is 2.10. The third-order valence-electron chi connectivity index (χ3n) is 1.83. The predicted molar refractivity (Wildman–Crippen MR) is 59.7 cm³/mol. The van der Waals surface area contributed by atoms with E-state index in [9.17, 15) is 10.0 Å². The van der Waals surface area contributed by atoms with Crippen molar-refractivity contribution < 1.29 is 0 Å². The summed E-state index contributed by atoms with van der Waals surface area (Å²) in [5, 5.41) is 11.8. The van der Waals surface area contributed by atoms with E-state index >= 15 is 0 Å². The van der Waals surface area contributed by atoms with Crippen LogP contribution in [-0.4, -0.2) is 4.73 Å². The van der Waals surface area contributed by atoms with Gasteiger partial charge in [-0.15, -0.1) is 0 Å². The molecule has 0 spiro atoms. The third-order valence-corrected chi connectivity index (χ3v) is 2.60. The Morgan fingerprint density at radius 1 is 1.31 bits per heavy atom. The molecule has 0 atom stereocenters. The van der Waals surface area contributed by atoms with Crippen LogP contribution >= 0.6 is 22.6 Å². The lowest BCUT2D eigenvalue weighted by atomic mass is 10.2. The zero-order chi connectivity index (χ0) is 9.42. The number of hydrogen-bond acceptors (Lipinski definition) is 2. The number of rotatable bonds is 0. The van der Waals surface area contributed by atoms with Gasteiger partial charge in [0.15, 0.2) is 0 Å². The topological polar surface area (TPSA) is 45.1 Å². The van der Waals surface area contributed by atoms with Gasteiger partial charge in [0.25, 0.3) is 0 Å². The number of halogens is 1. The molecular weight excluding hydrogens is 281 g/mol. The van der Waals surface area contributed by atoms with E-state index in [1.54, 1.807) is 24.3 Å². The summed E-state index contributed by atoms with van der Waals surface area (Å²) >= 11 is 1.86. The average molecular weight is 286 g/mol. The van der Waals surface area contributed by atoms with Crippen LogP contribution in [0.1, 0.15) is 0 Å². The van der Waals surface area contributed by atoms with Gasteiger partial charge >= 0.3 is 0 Å². The molecule has 0 N–H and O–H groups in total. The molecule has 0 aliphatic heterocycles. The van der Waals surface area contributed by atoms with Crippen molar-refractivity contribution >= 4 is 33.5 Å². The van der Waals surface area contributed by atoms with E-state index in [1.165, 1.54) is 6.20 Å². The van der Waals surface area contributed by atoms with Crippen LogP contribution in [-0.2, 0) is 0 Å². The van der Waals surface area contributed by atoms with Crippen LogP contribution in [0.4, 0.5) is 0 Å². The Hall–Kier alpha value is -1.04. The highest BCUT2D eigenvalue weighted by molar-refractivity contribution is 14.1. The molecule has 1 heterocycles. The molecule has 0 unspecified atom stereocenters. The van der Waals surface area contributed by atoms with E-state index in [0.29, 0.717) is 14.5 Å². The number of aromatic nitrogens is 1. The maximum absolute atomic E-state index is 11.5. The number of nitrogens with zero attached hydrogens (tertiary/aromatic N) is 1. The van der Waals surface area contributed by atoms with Gasteiger partial charge in [-0.05, 0) is 34.7 Å². The average Bonchev–Trinajstić information content (AvgIpc) is 2.15. The largest absolute Gasteiger partial charge is 0.806 e. The van der Waals surface area contributed by atoms with Crippen LogP contribution in [0.3, 0.4) is 0 Å². The number of pyridine rings is 1. The molecule has 1 aromatic carbocycles. The normalized spacial score (nSPS) is 10.5. The fourth-order valence-corrected chi connectivity index (χ4v) is 1.76. The molecule has 0 aliphatic rings. The number of hydrogen-bond donors (Lipinski definition) is 0. The molecule has 0 aliphatic carbocycles. The summed E-state index contributed by atoms with van der Waals surface area (Å²) in [6.45, 7) is 0. The molecule has 0 saturated carbocycles. The molecule has 2 rings (SSSR count). The second-order valence-corrected chi connectivity index (χ2v) is 3.81. The summed E-state index contributed by atoms with van der Waals surface area (Å²) in [6.07, 6.45) is 1.30. The van der Waals surface area contributed by atoms with E-state index in [4.69, 9.17) is 0 Å². The highest BCUT2D eigenvalue weighted by atomic mass is 127. The summed E-state index contributed by atoms with van der Waals surface area (Å²) in [6, 6.07) is 6.79. The molecule has 0 radical (unpaired) electrons. The Bertz CT molecular complexity index is 518. The van der Waals surface area contributed by atoms with Gasteiger partial charge in [0.2, 0.25) is 5.43 Å². The number of fused-ring (bicyclic) bond motifs is 1. The van der Waals surface area contributed by atoms with Crippen LogP contribution in [0.5, 0.6) is 0 Å². The Kier molecular flexibility index (Phi) is 1.99. The number of para-hydroxylation sites is 1. The van der Waals surface area contributed by atoms with Gasteiger partial charge in [0.1, 0.15) is 0 Å². The van der Waals surface area contributed by atoms with E-state index in [2.05, 4.69) is 0 Å². The fraction of sp³-hybridized carbons (Fsp3) is 0. The third kappa shape index (κ3) is 1.31. The lowest BCUT2D eigenvalue weighted by Crippen LogP contribution is -2.09. The molecule has 0 bridgehead atoms. The number of benzene rings is 1. The summed E-state index contributed by atoms with van der Waals surface area (Å²) < 4.78 is 1.17. The summed E-state index contributed by atoms with van der Waals surface area (Å²) in [5.41, 5.74) is 0.344. The molecule has 0 saturated heterocycles. The van der Waals surface area contributed by atoms with Crippen molar-refractivity contribution in [1.29, 1.82) is 0 Å². The van der Waals surface area contributed by atoms with Crippen molar-refractivity contribution in [3.8, 4) is 0 Å². The molecule has 13 heavy (non-hydrogen) atoms. The van der Waals surface area contributed by atoms with Gasteiger partial charge in [-0.25, -0.2) is 0 Å². The summed E-state index contributed by atoms with van der Waals surface area (Å²) in [5.74, 6) is 0. The molecule has 2 aromatic rings. The molecule has 1 aromatic heterocycles. The van der Waals surface area contributed by atoms with E-state index in [1.807, 2.05) is 22.6 Å². The van der Waals surface area contributed by atoms with E-state index in [-0.39, 0.29) is 5.43 Å². The minimum atomic E-state index is -0.0803. The van der Waals surface area contributed by atoms with Gasteiger partial charge in [0, 0.05) is 17.1 Å². The Labute approximate surface area is 87.7 Å². The Balaban J connectivity index is 3.06. The van der Waals surface area contributed by atoms with Crippen molar-refractivity contribution in [1.82, 2.24) is 4.73 Å². The van der Waals surface area contributed by atoms with E-state index in [0.717, 1.165) is 4.73 Å². The van der Waals surface area contributed by atoms with Crippen molar-refractivity contribution in [2.45, 2.75) is 0 Å². The maximum Gasteiger partial charge on any atom is 0.202 e. The monoisotopic (exact) mass is 286 g/mol. The smallest absolute Gasteiger partial charge is 0.202 e. The minimum absolute atomic E-state index is 0.0803. The van der Waals surface area contributed by atoms with Gasteiger partial charge < -0.3 is 9.94 Å². The molecule has 3 nitrogen and oxygen atoms in total. The first-order valence-electron chi connectivity index (χ1n) is 3.67. The fourth-order valence-electron chi connectivity index (χ4n) is 1.22. The van der Waals surface area contributed by atoms with Crippen molar-refractivity contribution in [2.75, 3.05) is 0 Å². The standard InChI is InChI=1S/C9H5INO2/c10-7-5-11(13)8-4-2-1-3-6(8)9(7)12/h1-5H/q-1. The molecule has 0 amide bonds. The first-order valence-corrected chi connectivity index (χ1v) is 4.75. The van der Waals surface area contributed by atoms with Crippen LogP contribution in [0.25, 0.3) is 10.9 Å². The van der Waals surface area contributed by atoms with Crippen LogP contribution in [0, 0.1) is 8.78 Å². The molecule has 66 valence electrons. The zero-order valence-corrected chi connectivity index (χ0v) is 8.69. The second-order valence-electron chi connectivity index (χ2n) is 2.65. The lowest BCUT2D eigenvalue weighted by Gasteiger charge is -2.14.